The van der Waals surface area contributed by atoms with Gasteiger partial charge in [0.15, 0.2) is 5.82 Å². The minimum atomic E-state index is -0.0590. The molecule has 53 heavy (non-hydrogen) atoms. The molecule has 0 saturated heterocycles. The first kappa shape index (κ1) is 31.1. The van der Waals surface area contributed by atoms with Gasteiger partial charge in [-0.05, 0) is 78.2 Å². The molecule has 0 fully saturated rings. The number of fused-ring (bicyclic) bond motifs is 5. The summed E-state index contributed by atoms with van der Waals surface area (Å²) in [6, 6.07) is 65.4. The zero-order chi connectivity index (χ0) is 35.5. The van der Waals surface area contributed by atoms with Crippen molar-refractivity contribution in [1.29, 1.82) is 0 Å². The van der Waals surface area contributed by atoms with Crippen LogP contribution in [0.1, 0.15) is 25.0 Å². The Labute approximate surface area is 310 Å². The summed E-state index contributed by atoms with van der Waals surface area (Å²) in [7, 11) is 0. The van der Waals surface area contributed by atoms with Crippen LogP contribution in [-0.2, 0) is 5.41 Å². The molecule has 0 aliphatic heterocycles. The molecule has 0 bridgehead atoms. The van der Waals surface area contributed by atoms with E-state index in [1.165, 1.54) is 66.1 Å². The summed E-state index contributed by atoms with van der Waals surface area (Å²) in [5, 5.41) is 4.87. The van der Waals surface area contributed by atoms with Crippen LogP contribution in [-0.4, -0.2) is 9.97 Å². The lowest BCUT2D eigenvalue weighted by molar-refractivity contribution is 0.660. The predicted molar refractivity (Wildman–Crippen MR) is 222 cm³/mol. The number of benzene rings is 8. The molecule has 0 radical (unpaired) electrons. The van der Waals surface area contributed by atoms with Crippen LogP contribution in [0.3, 0.4) is 0 Å². The molecule has 8 aromatic carbocycles. The third-order valence-electron chi connectivity index (χ3n) is 11.1. The van der Waals surface area contributed by atoms with Gasteiger partial charge < -0.3 is 0 Å². The molecule has 2 heteroatoms. The van der Waals surface area contributed by atoms with Crippen molar-refractivity contribution in [2.24, 2.45) is 0 Å². The molecule has 0 N–H and O–H groups in total. The second-order valence-corrected chi connectivity index (χ2v) is 14.6. The highest BCUT2D eigenvalue weighted by molar-refractivity contribution is 6.08. The minimum absolute atomic E-state index is 0.0590. The number of rotatable bonds is 5. The predicted octanol–water partition coefficient (Wildman–Crippen LogP) is 13.4. The van der Waals surface area contributed by atoms with Crippen LogP contribution in [0.5, 0.6) is 0 Å². The second kappa shape index (κ2) is 12.3. The molecule has 250 valence electrons. The summed E-state index contributed by atoms with van der Waals surface area (Å²) in [5.41, 5.74) is 15.2. The van der Waals surface area contributed by atoms with E-state index in [0.29, 0.717) is 5.82 Å². The van der Waals surface area contributed by atoms with Crippen molar-refractivity contribution in [1.82, 2.24) is 9.97 Å². The first-order chi connectivity index (χ1) is 26.0. The monoisotopic (exact) mass is 676 g/mol. The van der Waals surface area contributed by atoms with Gasteiger partial charge in [-0.15, -0.1) is 0 Å². The maximum absolute atomic E-state index is 5.24. The minimum Gasteiger partial charge on any atom is -0.228 e. The molecule has 10 rings (SSSR count). The summed E-state index contributed by atoms with van der Waals surface area (Å²) in [5.74, 6) is 0.713. The van der Waals surface area contributed by atoms with E-state index in [-0.39, 0.29) is 5.41 Å². The smallest absolute Gasteiger partial charge is 0.160 e. The quantitative estimate of drug-likeness (QED) is 0.181. The fourth-order valence-electron chi connectivity index (χ4n) is 8.39. The van der Waals surface area contributed by atoms with E-state index in [1.54, 1.807) is 0 Å². The van der Waals surface area contributed by atoms with Gasteiger partial charge in [-0.1, -0.05) is 184 Å². The standard InChI is InChI=1S/C51H36N2/c1-51(2)45-21-11-10-19-44(45)49-43(20-12-22-46(49)51)41-29-30-42(40-18-9-8-17-39(40)41)48-32-47(52-50(53-48)36-14-4-3-5-15-36)35-26-23-34(24-27-35)38-28-25-33-13-6-7-16-37(33)31-38/h3-32H,1-2H3. The summed E-state index contributed by atoms with van der Waals surface area (Å²) in [6.45, 7) is 4.69. The van der Waals surface area contributed by atoms with E-state index in [2.05, 4.69) is 178 Å². The Bertz CT molecular complexity index is 2850. The third kappa shape index (κ3) is 5.18. The van der Waals surface area contributed by atoms with Gasteiger partial charge in [0.1, 0.15) is 0 Å². The van der Waals surface area contributed by atoms with Crippen molar-refractivity contribution in [3.05, 3.63) is 193 Å². The molecule has 0 amide bonds. The molecular weight excluding hydrogens is 641 g/mol. The molecule has 2 nitrogen and oxygen atoms in total. The normalized spacial score (nSPS) is 12.9. The Morgan fingerprint density at radius 1 is 0.358 bits per heavy atom. The summed E-state index contributed by atoms with van der Waals surface area (Å²) in [6.07, 6.45) is 0. The van der Waals surface area contributed by atoms with E-state index in [9.17, 15) is 0 Å². The van der Waals surface area contributed by atoms with Gasteiger partial charge in [-0.3, -0.25) is 0 Å². The van der Waals surface area contributed by atoms with Crippen LogP contribution in [0.15, 0.2) is 182 Å². The largest absolute Gasteiger partial charge is 0.228 e. The molecule has 9 aromatic rings. The van der Waals surface area contributed by atoms with Crippen molar-refractivity contribution in [3.8, 4) is 67.3 Å². The number of hydrogen-bond acceptors (Lipinski definition) is 2. The first-order valence-electron chi connectivity index (χ1n) is 18.3. The van der Waals surface area contributed by atoms with E-state index in [1.807, 2.05) is 18.2 Å². The van der Waals surface area contributed by atoms with E-state index < -0.39 is 0 Å². The fraction of sp³-hybridized carbons (Fsp3) is 0.0588. The van der Waals surface area contributed by atoms with Crippen LogP contribution in [0.2, 0.25) is 0 Å². The molecule has 0 saturated carbocycles. The molecule has 0 spiro atoms. The zero-order valence-corrected chi connectivity index (χ0v) is 29.7. The fourth-order valence-corrected chi connectivity index (χ4v) is 8.39. The third-order valence-corrected chi connectivity index (χ3v) is 11.1. The Morgan fingerprint density at radius 2 is 0.962 bits per heavy atom. The highest BCUT2D eigenvalue weighted by Crippen LogP contribution is 2.53. The van der Waals surface area contributed by atoms with Gasteiger partial charge in [-0.25, -0.2) is 9.97 Å². The number of nitrogens with zero attached hydrogens (tertiary/aromatic N) is 2. The molecule has 1 aromatic heterocycles. The lowest BCUT2D eigenvalue weighted by Crippen LogP contribution is -2.14. The van der Waals surface area contributed by atoms with Gasteiger partial charge in [0, 0.05) is 22.1 Å². The van der Waals surface area contributed by atoms with E-state index in [4.69, 9.17) is 9.97 Å². The Kier molecular flexibility index (Phi) is 7.19. The lowest BCUT2D eigenvalue weighted by atomic mass is 9.81. The van der Waals surface area contributed by atoms with Crippen molar-refractivity contribution in [3.63, 3.8) is 0 Å². The first-order valence-corrected chi connectivity index (χ1v) is 18.3. The van der Waals surface area contributed by atoms with Crippen molar-refractivity contribution < 1.29 is 0 Å². The summed E-state index contributed by atoms with van der Waals surface area (Å²) < 4.78 is 0. The van der Waals surface area contributed by atoms with Crippen LogP contribution in [0, 0.1) is 0 Å². The van der Waals surface area contributed by atoms with Crippen molar-refractivity contribution in [2.75, 3.05) is 0 Å². The molecular formula is C51H36N2. The summed E-state index contributed by atoms with van der Waals surface area (Å²) in [4.78, 5) is 10.4. The van der Waals surface area contributed by atoms with Gasteiger partial charge >= 0.3 is 0 Å². The van der Waals surface area contributed by atoms with Gasteiger partial charge in [0.25, 0.3) is 0 Å². The molecule has 1 heterocycles. The Balaban J connectivity index is 1.11. The molecule has 1 aliphatic rings. The van der Waals surface area contributed by atoms with Crippen molar-refractivity contribution in [2.45, 2.75) is 19.3 Å². The Hall–Kier alpha value is -6.64. The second-order valence-electron chi connectivity index (χ2n) is 14.6. The highest BCUT2D eigenvalue weighted by Gasteiger charge is 2.36. The molecule has 0 unspecified atom stereocenters. The zero-order valence-electron chi connectivity index (χ0n) is 29.7. The van der Waals surface area contributed by atoms with Crippen LogP contribution >= 0.6 is 0 Å². The average Bonchev–Trinajstić information content (AvgIpc) is 3.46. The van der Waals surface area contributed by atoms with E-state index >= 15 is 0 Å². The number of hydrogen-bond donors (Lipinski definition) is 0. The van der Waals surface area contributed by atoms with Crippen LogP contribution < -0.4 is 0 Å². The molecule has 1 aliphatic carbocycles. The topological polar surface area (TPSA) is 25.8 Å². The van der Waals surface area contributed by atoms with Crippen molar-refractivity contribution >= 4 is 21.5 Å². The van der Waals surface area contributed by atoms with Crippen LogP contribution in [0.25, 0.3) is 88.8 Å². The average molecular weight is 677 g/mol. The Morgan fingerprint density at radius 3 is 1.79 bits per heavy atom. The maximum Gasteiger partial charge on any atom is 0.160 e. The van der Waals surface area contributed by atoms with Crippen LogP contribution in [0.4, 0.5) is 0 Å². The van der Waals surface area contributed by atoms with E-state index in [0.717, 1.165) is 28.1 Å². The summed E-state index contributed by atoms with van der Waals surface area (Å²) >= 11 is 0. The molecule has 0 atom stereocenters. The SMILES string of the molecule is CC1(C)c2ccccc2-c2c(-c3ccc(-c4cc(-c5ccc(-c6ccc7ccccc7c6)cc5)nc(-c5ccccc5)n4)c4ccccc34)cccc21. The highest BCUT2D eigenvalue weighted by atomic mass is 14.9. The van der Waals surface area contributed by atoms with Gasteiger partial charge in [0.2, 0.25) is 0 Å². The lowest BCUT2D eigenvalue weighted by Gasteiger charge is -2.22. The van der Waals surface area contributed by atoms with Gasteiger partial charge in [0.05, 0.1) is 11.4 Å². The van der Waals surface area contributed by atoms with Gasteiger partial charge in [-0.2, -0.15) is 0 Å². The number of aromatic nitrogens is 2. The maximum atomic E-state index is 5.24.